The van der Waals surface area contributed by atoms with E-state index < -0.39 is 0 Å². The second-order valence-corrected chi connectivity index (χ2v) is 5.66. The monoisotopic (exact) mass is 269 g/mol. The number of aryl methyl sites for hydroxylation is 1. The summed E-state index contributed by atoms with van der Waals surface area (Å²) >= 11 is 1.57. The molecule has 1 atom stereocenters. The van der Waals surface area contributed by atoms with Gasteiger partial charge in [0.25, 0.3) is 0 Å². The zero-order chi connectivity index (χ0) is 13.2. The van der Waals surface area contributed by atoms with Crippen molar-refractivity contribution in [1.82, 2.24) is 14.9 Å². The molecule has 0 fully saturated rings. The number of nitrogens with one attached hydrogen (secondary N) is 1. The van der Waals surface area contributed by atoms with Gasteiger partial charge in [-0.05, 0) is 31.4 Å². The maximum absolute atomic E-state index is 4.26. The van der Waals surface area contributed by atoms with Crippen LogP contribution in [0.25, 0.3) is 0 Å². The summed E-state index contributed by atoms with van der Waals surface area (Å²) in [6, 6.07) is 0.452. The van der Waals surface area contributed by atoms with Crippen molar-refractivity contribution < 1.29 is 0 Å². The highest BCUT2D eigenvalue weighted by Crippen LogP contribution is 2.26. The lowest BCUT2D eigenvalue weighted by Gasteiger charge is -2.15. The summed E-state index contributed by atoms with van der Waals surface area (Å²) in [5, 5.41) is 7.69. The number of rotatable bonds is 10. The highest BCUT2D eigenvalue weighted by Gasteiger charge is 2.16. The van der Waals surface area contributed by atoms with Crippen LogP contribution in [0.5, 0.6) is 0 Å². The van der Waals surface area contributed by atoms with Gasteiger partial charge >= 0.3 is 0 Å². The van der Waals surface area contributed by atoms with E-state index in [-0.39, 0.29) is 0 Å². The van der Waals surface area contributed by atoms with Gasteiger partial charge in [0, 0.05) is 6.04 Å². The molecule has 0 aliphatic rings. The fraction of sp³-hybridized carbons (Fsp3) is 0.857. The van der Waals surface area contributed by atoms with Crippen LogP contribution >= 0.6 is 11.5 Å². The number of nitrogens with zero attached hydrogens (tertiary/aromatic N) is 2. The van der Waals surface area contributed by atoms with Gasteiger partial charge in [-0.15, -0.1) is 5.10 Å². The van der Waals surface area contributed by atoms with Crippen LogP contribution in [0.1, 0.15) is 75.4 Å². The normalized spacial score (nSPS) is 12.8. The largest absolute Gasteiger partial charge is 0.312 e. The maximum atomic E-state index is 4.26. The van der Waals surface area contributed by atoms with Crippen LogP contribution < -0.4 is 5.32 Å². The van der Waals surface area contributed by atoms with Crippen molar-refractivity contribution in [2.24, 2.45) is 0 Å². The average molecular weight is 269 g/mol. The van der Waals surface area contributed by atoms with Crippen molar-refractivity contribution in [2.75, 3.05) is 7.05 Å². The van der Waals surface area contributed by atoms with Crippen LogP contribution in [0, 0.1) is 0 Å². The lowest BCUT2D eigenvalue weighted by molar-refractivity contribution is 0.503. The molecule has 0 radical (unpaired) electrons. The van der Waals surface area contributed by atoms with Crippen molar-refractivity contribution in [3.63, 3.8) is 0 Å². The molecule has 0 aliphatic carbocycles. The Bertz CT molecular complexity index is 312. The number of hydrogen-bond acceptors (Lipinski definition) is 4. The van der Waals surface area contributed by atoms with Gasteiger partial charge in [0.05, 0.1) is 10.6 Å². The Kier molecular flexibility index (Phi) is 8.18. The molecule has 1 unspecified atom stereocenters. The highest BCUT2D eigenvalue weighted by atomic mass is 32.1. The van der Waals surface area contributed by atoms with Gasteiger partial charge in [0.15, 0.2) is 0 Å². The molecule has 0 bridgehead atoms. The molecule has 0 amide bonds. The van der Waals surface area contributed by atoms with Crippen molar-refractivity contribution in [3.05, 3.63) is 10.6 Å². The van der Waals surface area contributed by atoms with E-state index in [9.17, 15) is 0 Å². The Morgan fingerprint density at radius 2 is 1.89 bits per heavy atom. The third-order valence-corrected chi connectivity index (χ3v) is 4.21. The van der Waals surface area contributed by atoms with Crippen LogP contribution in [0.2, 0.25) is 0 Å². The average Bonchev–Trinajstić information content (AvgIpc) is 2.83. The Hall–Kier alpha value is -0.480. The van der Waals surface area contributed by atoms with Gasteiger partial charge in [0.1, 0.15) is 0 Å². The SMILES string of the molecule is CCCCCCCC(NC)c1snnc1CCC. The summed E-state index contributed by atoms with van der Waals surface area (Å²) in [5.41, 5.74) is 1.20. The summed E-state index contributed by atoms with van der Waals surface area (Å²) in [6.07, 6.45) is 10.1. The summed E-state index contributed by atoms with van der Waals surface area (Å²) in [5.74, 6) is 0. The van der Waals surface area contributed by atoms with Crippen molar-refractivity contribution in [3.8, 4) is 0 Å². The fourth-order valence-corrected chi connectivity index (χ4v) is 3.09. The standard InChI is InChI=1S/C14H27N3S/c1-4-6-7-8-9-11-12(15-3)14-13(10-5-2)16-17-18-14/h12,15H,4-11H2,1-3H3. The van der Waals surface area contributed by atoms with E-state index in [4.69, 9.17) is 0 Å². The van der Waals surface area contributed by atoms with Crippen LogP contribution in [0.3, 0.4) is 0 Å². The van der Waals surface area contributed by atoms with Crippen LogP contribution in [0.15, 0.2) is 0 Å². The van der Waals surface area contributed by atoms with Gasteiger partial charge in [-0.3, -0.25) is 0 Å². The van der Waals surface area contributed by atoms with E-state index in [0.29, 0.717) is 6.04 Å². The van der Waals surface area contributed by atoms with E-state index in [1.807, 2.05) is 7.05 Å². The number of aromatic nitrogens is 2. The Morgan fingerprint density at radius 3 is 2.56 bits per heavy atom. The molecule has 18 heavy (non-hydrogen) atoms. The van der Waals surface area contributed by atoms with E-state index in [2.05, 4.69) is 28.8 Å². The van der Waals surface area contributed by atoms with E-state index in [1.54, 1.807) is 11.5 Å². The third-order valence-electron chi connectivity index (χ3n) is 3.33. The summed E-state index contributed by atoms with van der Waals surface area (Å²) in [6.45, 7) is 4.46. The Labute approximate surface area is 116 Å². The maximum Gasteiger partial charge on any atom is 0.0803 e. The molecule has 0 aliphatic heterocycles. The minimum Gasteiger partial charge on any atom is -0.312 e. The summed E-state index contributed by atoms with van der Waals surface area (Å²) in [4.78, 5) is 1.36. The molecule has 3 nitrogen and oxygen atoms in total. The molecular formula is C14H27N3S. The van der Waals surface area contributed by atoms with E-state index >= 15 is 0 Å². The summed E-state index contributed by atoms with van der Waals surface area (Å²) in [7, 11) is 2.05. The van der Waals surface area contributed by atoms with Gasteiger partial charge < -0.3 is 5.32 Å². The molecule has 1 aromatic heterocycles. The van der Waals surface area contributed by atoms with Gasteiger partial charge in [-0.1, -0.05) is 56.9 Å². The first-order chi connectivity index (χ1) is 8.83. The first-order valence-corrected chi connectivity index (χ1v) is 8.09. The van der Waals surface area contributed by atoms with E-state index in [1.165, 1.54) is 49.1 Å². The second-order valence-electron chi connectivity index (χ2n) is 4.88. The van der Waals surface area contributed by atoms with Gasteiger partial charge in [-0.2, -0.15) is 0 Å². The Balaban J connectivity index is 2.41. The zero-order valence-electron chi connectivity index (χ0n) is 12.0. The molecule has 4 heteroatoms. The van der Waals surface area contributed by atoms with Crippen LogP contribution in [-0.2, 0) is 6.42 Å². The molecule has 0 saturated heterocycles. The smallest absolute Gasteiger partial charge is 0.0803 e. The van der Waals surface area contributed by atoms with E-state index in [0.717, 1.165) is 12.8 Å². The molecule has 0 spiro atoms. The van der Waals surface area contributed by atoms with Crippen molar-refractivity contribution in [2.45, 2.75) is 71.3 Å². The quantitative estimate of drug-likeness (QED) is 0.649. The zero-order valence-corrected chi connectivity index (χ0v) is 12.9. The fourth-order valence-electron chi connectivity index (χ4n) is 2.25. The molecule has 1 heterocycles. The van der Waals surface area contributed by atoms with Crippen molar-refractivity contribution >= 4 is 11.5 Å². The molecule has 104 valence electrons. The molecule has 0 saturated carbocycles. The van der Waals surface area contributed by atoms with Crippen LogP contribution in [-0.4, -0.2) is 16.6 Å². The minimum atomic E-state index is 0.452. The molecule has 0 aromatic carbocycles. The molecule has 1 rings (SSSR count). The summed E-state index contributed by atoms with van der Waals surface area (Å²) < 4.78 is 4.12. The second kappa shape index (κ2) is 9.45. The number of unbranched alkanes of at least 4 members (excludes halogenated alkanes) is 4. The van der Waals surface area contributed by atoms with Gasteiger partial charge in [0.2, 0.25) is 0 Å². The number of hydrogen-bond donors (Lipinski definition) is 1. The first kappa shape index (κ1) is 15.6. The molecular weight excluding hydrogens is 242 g/mol. The highest BCUT2D eigenvalue weighted by molar-refractivity contribution is 7.05. The first-order valence-electron chi connectivity index (χ1n) is 7.31. The van der Waals surface area contributed by atoms with Crippen LogP contribution in [0.4, 0.5) is 0 Å². The Morgan fingerprint density at radius 1 is 1.11 bits per heavy atom. The minimum absolute atomic E-state index is 0.452. The lowest BCUT2D eigenvalue weighted by Crippen LogP contribution is -2.16. The molecule has 1 aromatic rings. The van der Waals surface area contributed by atoms with Crippen molar-refractivity contribution in [1.29, 1.82) is 0 Å². The third kappa shape index (κ3) is 5.02. The molecule has 1 N–H and O–H groups in total. The predicted octanol–water partition coefficient (Wildman–Crippen LogP) is 4.11. The predicted molar refractivity (Wildman–Crippen MR) is 79.1 cm³/mol. The lowest BCUT2D eigenvalue weighted by atomic mass is 10.0. The topological polar surface area (TPSA) is 37.8 Å². The van der Waals surface area contributed by atoms with Gasteiger partial charge in [-0.25, -0.2) is 0 Å².